The molecule has 1 fully saturated rings. The van der Waals surface area contributed by atoms with Crippen molar-refractivity contribution in [2.24, 2.45) is 0 Å². The average Bonchev–Trinajstić information content (AvgIpc) is 3.19. The van der Waals surface area contributed by atoms with E-state index in [1.807, 2.05) is 57.3 Å². The highest BCUT2D eigenvalue weighted by atomic mass is 28.4. The largest absolute Gasteiger partial charge is 0.467 e. The molecule has 2 rings (SSSR count). The lowest BCUT2D eigenvalue weighted by Crippen LogP contribution is -2.60. The molecule has 1 aliphatic heterocycles. The van der Waals surface area contributed by atoms with Crippen molar-refractivity contribution in [3.05, 3.63) is 35.9 Å². The van der Waals surface area contributed by atoms with Crippen molar-refractivity contribution in [2.75, 3.05) is 13.7 Å². The van der Waals surface area contributed by atoms with Crippen LogP contribution >= 0.6 is 0 Å². The SMILES string of the molecule is COC(=O)[C@@H](O[Si](C)(C)C(C)(C)C)[C@@H](O)[C@H](OCc1ccccc1)[C@H](O[Si](C)(C)C(C)(C)C)[C@@H]1COC(C)(C)O1. The van der Waals surface area contributed by atoms with Gasteiger partial charge in [-0.1, -0.05) is 71.9 Å². The molecular formula is C30H54O8Si2. The molecule has 0 amide bonds. The van der Waals surface area contributed by atoms with E-state index in [2.05, 4.69) is 54.6 Å². The van der Waals surface area contributed by atoms with Gasteiger partial charge in [-0.2, -0.15) is 0 Å². The first-order chi connectivity index (χ1) is 18.1. The molecule has 8 nitrogen and oxygen atoms in total. The van der Waals surface area contributed by atoms with Crippen molar-refractivity contribution in [3.63, 3.8) is 0 Å². The van der Waals surface area contributed by atoms with Gasteiger partial charge in [0, 0.05) is 0 Å². The monoisotopic (exact) mass is 598 g/mol. The van der Waals surface area contributed by atoms with E-state index >= 15 is 0 Å². The smallest absolute Gasteiger partial charge is 0.336 e. The molecule has 0 unspecified atom stereocenters. The van der Waals surface area contributed by atoms with Crippen molar-refractivity contribution < 1.29 is 37.7 Å². The second kappa shape index (κ2) is 13.0. The summed E-state index contributed by atoms with van der Waals surface area (Å²) in [7, 11) is -3.63. The lowest BCUT2D eigenvalue weighted by molar-refractivity contribution is -0.191. The van der Waals surface area contributed by atoms with Gasteiger partial charge in [0.2, 0.25) is 0 Å². The van der Waals surface area contributed by atoms with E-state index in [-0.39, 0.29) is 23.3 Å². The van der Waals surface area contributed by atoms with Crippen LogP contribution in [0.4, 0.5) is 0 Å². The van der Waals surface area contributed by atoms with Crippen LogP contribution in [-0.4, -0.2) is 77.7 Å². The first kappa shape index (κ1) is 35.1. The Labute approximate surface area is 244 Å². The van der Waals surface area contributed by atoms with Gasteiger partial charge in [-0.05, 0) is 55.7 Å². The van der Waals surface area contributed by atoms with Crippen molar-refractivity contribution in [1.82, 2.24) is 0 Å². The molecule has 1 saturated heterocycles. The number of esters is 1. The molecule has 230 valence electrons. The maximum Gasteiger partial charge on any atom is 0.336 e. The number of hydrogen-bond acceptors (Lipinski definition) is 8. The topological polar surface area (TPSA) is 92.7 Å². The Morgan fingerprint density at radius 1 is 1.00 bits per heavy atom. The highest BCUT2D eigenvalue weighted by Crippen LogP contribution is 2.41. The number of carbonyl (C=O) groups is 1. The maximum absolute atomic E-state index is 13.2. The van der Waals surface area contributed by atoms with Crippen LogP contribution in [0.15, 0.2) is 30.3 Å². The zero-order valence-electron chi connectivity index (χ0n) is 27.0. The van der Waals surface area contributed by atoms with Crippen LogP contribution in [-0.2, 0) is 39.2 Å². The van der Waals surface area contributed by atoms with Crippen molar-refractivity contribution >= 4 is 22.6 Å². The number of hydrogen-bond donors (Lipinski definition) is 1. The third-order valence-electron chi connectivity index (χ3n) is 8.55. The van der Waals surface area contributed by atoms with Gasteiger partial charge in [0.25, 0.3) is 0 Å². The fraction of sp³-hybridized carbons (Fsp3) is 0.767. The van der Waals surface area contributed by atoms with E-state index in [1.54, 1.807) is 0 Å². The van der Waals surface area contributed by atoms with Crippen LogP contribution in [0.3, 0.4) is 0 Å². The first-order valence-electron chi connectivity index (χ1n) is 14.2. The Hall–Kier alpha value is -1.12. The van der Waals surface area contributed by atoms with Gasteiger partial charge < -0.3 is 32.9 Å². The molecule has 0 spiro atoms. The van der Waals surface area contributed by atoms with Gasteiger partial charge in [-0.3, -0.25) is 0 Å². The number of ether oxygens (including phenoxy) is 4. The maximum atomic E-state index is 13.2. The molecule has 0 aromatic heterocycles. The van der Waals surface area contributed by atoms with Crippen LogP contribution in [0.25, 0.3) is 0 Å². The summed E-state index contributed by atoms with van der Waals surface area (Å²) in [4.78, 5) is 13.2. The first-order valence-corrected chi connectivity index (χ1v) is 20.0. The normalized spacial score (nSPS) is 21.5. The third kappa shape index (κ3) is 8.94. The number of rotatable bonds is 12. The number of carbonyl (C=O) groups excluding carboxylic acids is 1. The average molecular weight is 599 g/mol. The molecule has 40 heavy (non-hydrogen) atoms. The van der Waals surface area contributed by atoms with E-state index in [0.29, 0.717) is 0 Å². The summed E-state index contributed by atoms with van der Waals surface area (Å²) in [5, 5.41) is 11.7. The highest BCUT2D eigenvalue weighted by Gasteiger charge is 2.52. The molecule has 0 aliphatic carbocycles. The van der Waals surface area contributed by atoms with Gasteiger partial charge >= 0.3 is 5.97 Å². The summed E-state index contributed by atoms with van der Waals surface area (Å²) in [6.07, 6.45) is -4.92. The van der Waals surface area contributed by atoms with Gasteiger partial charge in [0.1, 0.15) is 24.4 Å². The highest BCUT2D eigenvalue weighted by molar-refractivity contribution is 6.74. The molecule has 0 saturated carbocycles. The predicted molar refractivity (Wildman–Crippen MR) is 162 cm³/mol. The zero-order valence-corrected chi connectivity index (χ0v) is 29.0. The number of aliphatic hydroxyl groups is 1. The van der Waals surface area contributed by atoms with E-state index in [0.717, 1.165) is 5.56 Å². The summed E-state index contributed by atoms with van der Waals surface area (Å²) in [5.41, 5.74) is 0.926. The number of aliphatic hydroxyl groups excluding tert-OH is 1. The molecule has 10 heteroatoms. The van der Waals surface area contributed by atoms with Gasteiger partial charge in [-0.25, -0.2) is 4.79 Å². The molecular weight excluding hydrogens is 544 g/mol. The van der Waals surface area contributed by atoms with E-state index in [9.17, 15) is 9.90 Å². The summed E-state index contributed by atoms with van der Waals surface area (Å²) in [6.45, 7) is 25.2. The molecule has 0 bridgehead atoms. The Balaban J connectivity index is 2.61. The Kier molecular flexibility index (Phi) is 11.4. The van der Waals surface area contributed by atoms with Crippen molar-refractivity contribution in [1.29, 1.82) is 0 Å². The Bertz CT molecular complexity index is 953. The minimum Gasteiger partial charge on any atom is -0.467 e. The fourth-order valence-corrected chi connectivity index (χ4v) is 6.49. The minimum atomic E-state index is -2.51. The molecule has 0 radical (unpaired) electrons. The second-order valence-electron chi connectivity index (χ2n) is 14.3. The van der Waals surface area contributed by atoms with Crippen molar-refractivity contribution in [3.8, 4) is 0 Å². The van der Waals surface area contributed by atoms with Crippen LogP contribution in [0.1, 0.15) is 61.0 Å². The quantitative estimate of drug-likeness (QED) is 0.230. The van der Waals surface area contributed by atoms with Crippen LogP contribution < -0.4 is 0 Å². The molecule has 1 N–H and O–H groups in total. The van der Waals surface area contributed by atoms with Crippen LogP contribution in [0, 0.1) is 0 Å². The lowest BCUT2D eigenvalue weighted by atomic mass is 9.99. The fourth-order valence-electron chi connectivity index (χ4n) is 3.94. The third-order valence-corrected chi connectivity index (χ3v) is 17.5. The van der Waals surface area contributed by atoms with E-state index in [4.69, 9.17) is 27.8 Å². The van der Waals surface area contributed by atoms with Gasteiger partial charge in [-0.15, -0.1) is 0 Å². The second-order valence-corrected chi connectivity index (χ2v) is 23.8. The molecule has 1 heterocycles. The number of methoxy groups -OCH3 is 1. The summed E-state index contributed by atoms with van der Waals surface area (Å²) < 4.78 is 37.4. The van der Waals surface area contributed by atoms with Gasteiger partial charge in [0.15, 0.2) is 28.5 Å². The predicted octanol–water partition coefficient (Wildman–Crippen LogP) is 6.04. The van der Waals surface area contributed by atoms with Crippen LogP contribution in [0.5, 0.6) is 0 Å². The zero-order chi connectivity index (χ0) is 30.7. The lowest BCUT2D eigenvalue weighted by Gasteiger charge is -2.45. The standard InChI is InChI=1S/C30H54O8Si2/c1-28(2,3)39(10,11)37-24(22-20-35-30(7,8)36-22)25(34-19-21-17-15-14-16-18-21)23(31)26(27(32)33-9)38-40(12,13)29(4,5)6/h14-18,22-26,31H,19-20H2,1-13H3/t22-,23-,24+,25-,26-/m0/s1. The van der Waals surface area contributed by atoms with Crippen LogP contribution in [0.2, 0.25) is 36.3 Å². The molecule has 5 atom stereocenters. The van der Waals surface area contributed by atoms with E-state index in [1.165, 1.54) is 7.11 Å². The van der Waals surface area contributed by atoms with Gasteiger partial charge in [0.05, 0.1) is 20.3 Å². The summed E-state index contributed by atoms with van der Waals surface area (Å²) in [6, 6.07) is 9.71. The summed E-state index contributed by atoms with van der Waals surface area (Å²) >= 11 is 0. The van der Waals surface area contributed by atoms with Crippen molar-refractivity contribution in [2.45, 2.75) is 135 Å². The summed E-state index contributed by atoms with van der Waals surface area (Å²) in [5.74, 6) is -1.48. The Morgan fingerprint density at radius 2 is 1.52 bits per heavy atom. The minimum absolute atomic E-state index is 0.130. The number of benzene rings is 1. The Morgan fingerprint density at radius 3 is 1.98 bits per heavy atom. The molecule has 1 aliphatic rings. The molecule has 1 aromatic rings. The van der Waals surface area contributed by atoms with E-state index < -0.39 is 58.9 Å². The molecule has 1 aromatic carbocycles.